The number of benzene rings is 1. The Morgan fingerprint density at radius 3 is 2.36 bits per heavy atom. The first-order valence-corrected chi connectivity index (χ1v) is 7.29. The minimum absolute atomic E-state index is 0.116. The molecule has 0 heterocycles. The average molecular weight is 306 g/mol. The number of amides is 2. The molecule has 2 amide bonds. The third-order valence-electron chi connectivity index (χ3n) is 3.07. The molecule has 0 fully saturated rings. The number of ether oxygens (including phenoxy) is 1. The van der Waals surface area contributed by atoms with Gasteiger partial charge in [-0.1, -0.05) is 18.2 Å². The molecule has 120 valence electrons. The van der Waals surface area contributed by atoms with Gasteiger partial charge in [0.25, 0.3) is 5.91 Å². The van der Waals surface area contributed by atoms with Crippen molar-refractivity contribution in [3.05, 3.63) is 35.9 Å². The van der Waals surface area contributed by atoms with E-state index >= 15 is 0 Å². The van der Waals surface area contributed by atoms with Crippen molar-refractivity contribution in [3.8, 4) is 0 Å². The Hall–Kier alpha value is -2.37. The van der Waals surface area contributed by atoms with E-state index in [-0.39, 0.29) is 25.0 Å². The van der Waals surface area contributed by atoms with Crippen LogP contribution in [-0.2, 0) is 14.3 Å². The fourth-order valence-electron chi connectivity index (χ4n) is 1.91. The molecule has 1 atom stereocenters. The lowest BCUT2D eigenvalue weighted by molar-refractivity contribution is -0.149. The summed E-state index contributed by atoms with van der Waals surface area (Å²) in [6.45, 7) is 5.58. The van der Waals surface area contributed by atoms with E-state index in [1.54, 1.807) is 45.0 Å². The Bertz CT molecular complexity index is 516. The zero-order chi connectivity index (χ0) is 16.5. The number of hydrogen-bond donors (Lipinski definition) is 1. The molecule has 1 unspecified atom stereocenters. The van der Waals surface area contributed by atoms with Crippen molar-refractivity contribution in [3.63, 3.8) is 0 Å². The van der Waals surface area contributed by atoms with Crippen LogP contribution in [0.5, 0.6) is 0 Å². The van der Waals surface area contributed by atoms with Crippen LogP contribution in [0.4, 0.5) is 0 Å². The minimum atomic E-state index is -0.720. The van der Waals surface area contributed by atoms with Crippen molar-refractivity contribution in [2.24, 2.45) is 0 Å². The quantitative estimate of drug-likeness (QED) is 0.768. The average Bonchev–Trinajstić information content (AvgIpc) is 2.52. The lowest BCUT2D eigenvalue weighted by Gasteiger charge is -2.24. The van der Waals surface area contributed by atoms with Crippen molar-refractivity contribution in [2.75, 3.05) is 19.7 Å². The topological polar surface area (TPSA) is 75.7 Å². The van der Waals surface area contributed by atoms with Crippen LogP contribution in [0.25, 0.3) is 0 Å². The second-order valence-electron chi connectivity index (χ2n) is 4.72. The Kier molecular flexibility index (Phi) is 7.08. The van der Waals surface area contributed by atoms with Crippen molar-refractivity contribution in [1.29, 1.82) is 0 Å². The van der Waals surface area contributed by atoms with Crippen LogP contribution in [0.2, 0.25) is 0 Å². The van der Waals surface area contributed by atoms with Crippen LogP contribution < -0.4 is 5.32 Å². The molecule has 6 heteroatoms. The monoisotopic (exact) mass is 306 g/mol. The van der Waals surface area contributed by atoms with Gasteiger partial charge in [0, 0.05) is 12.1 Å². The van der Waals surface area contributed by atoms with Gasteiger partial charge in [-0.05, 0) is 32.9 Å². The second kappa shape index (κ2) is 8.81. The predicted molar refractivity (Wildman–Crippen MR) is 82.3 cm³/mol. The Morgan fingerprint density at radius 1 is 1.18 bits per heavy atom. The van der Waals surface area contributed by atoms with Gasteiger partial charge in [-0.3, -0.25) is 14.4 Å². The molecule has 0 aliphatic rings. The van der Waals surface area contributed by atoms with E-state index in [1.165, 1.54) is 4.90 Å². The highest BCUT2D eigenvalue weighted by atomic mass is 16.5. The summed E-state index contributed by atoms with van der Waals surface area (Å²) in [5.41, 5.74) is 0.482. The third-order valence-corrected chi connectivity index (χ3v) is 3.07. The highest BCUT2D eigenvalue weighted by Gasteiger charge is 2.23. The van der Waals surface area contributed by atoms with Crippen molar-refractivity contribution >= 4 is 17.8 Å². The summed E-state index contributed by atoms with van der Waals surface area (Å²) in [5, 5.41) is 2.63. The maximum absolute atomic E-state index is 12.3. The van der Waals surface area contributed by atoms with Crippen molar-refractivity contribution < 1.29 is 19.1 Å². The maximum Gasteiger partial charge on any atom is 0.325 e. The zero-order valence-corrected chi connectivity index (χ0v) is 13.2. The van der Waals surface area contributed by atoms with Crippen LogP contribution in [0, 0.1) is 0 Å². The molecule has 0 spiro atoms. The van der Waals surface area contributed by atoms with E-state index in [9.17, 15) is 14.4 Å². The van der Waals surface area contributed by atoms with Gasteiger partial charge in [-0.25, -0.2) is 0 Å². The summed E-state index contributed by atoms with van der Waals surface area (Å²) in [7, 11) is 0. The summed E-state index contributed by atoms with van der Waals surface area (Å²) in [6.07, 6.45) is 0. The van der Waals surface area contributed by atoms with Gasteiger partial charge in [-0.2, -0.15) is 0 Å². The van der Waals surface area contributed by atoms with E-state index in [4.69, 9.17) is 4.74 Å². The number of likely N-dealkylation sites (N-methyl/N-ethyl adjacent to an activating group) is 1. The molecular formula is C16H22N2O4. The number of nitrogens with zero attached hydrogens (tertiary/aromatic N) is 1. The molecule has 0 aliphatic heterocycles. The first-order chi connectivity index (χ1) is 10.5. The standard InChI is InChI=1S/C16H22N2O4/c1-4-18(11-14(19)22-5-2)16(21)12(3)17-15(20)13-9-7-6-8-10-13/h6-10,12H,4-5,11H2,1-3H3,(H,17,20). The van der Waals surface area contributed by atoms with Crippen LogP contribution in [-0.4, -0.2) is 48.4 Å². The first kappa shape index (κ1) is 17.7. The third kappa shape index (κ3) is 5.20. The van der Waals surface area contributed by atoms with Crippen LogP contribution in [0.3, 0.4) is 0 Å². The summed E-state index contributed by atoms with van der Waals surface area (Å²) >= 11 is 0. The number of carbonyl (C=O) groups excluding carboxylic acids is 3. The van der Waals surface area contributed by atoms with E-state index in [2.05, 4.69) is 5.32 Å². The SMILES string of the molecule is CCOC(=O)CN(CC)C(=O)C(C)NC(=O)c1ccccc1. The van der Waals surface area contributed by atoms with Crippen LogP contribution in [0.15, 0.2) is 30.3 Å². The molecule has 6 nitrogen and oxygen atoms in total. The van der Waals surface area contributed by atoms with Crippen molar-refractivity contribution in [1.82, 2.24) is 10.2 Å². The Balaban J connectivity index is 2.62. The molecule has 0 radical (unpaired) electrons. The summed E-state index contributed by atoms with van der Waals surface area (Å²) in [6, 6.07) is 7.93. The molecular weight excluding hydrogens is 284 g/mol. The van der Waals surface area contributed by atoms with E-state index in [1.807, 2.05) is 6.07 Å². The van der Waals surface area contributed by atoms with Crippen molar-refractivity contribution in [2.45, 2.75) is 26.8 Å². The van der Waals surface area contributed by atoms with Gasteiger partial charge in [-0.15, -0.1) is 0 Å². The van der Waals surface area contributed by atoms with Gasteiger partial charge >= 0.3 is 5.97 Å². The second-order valence-corrected chi connectivity index (χ2v) is 4.72. The zero-order valence-electron chi connectivity index (χ0n) is 13.2. The molecule has 0 saturated heterocycles. The van der Waals surface area contributed by atoms with Crippen LogP contribution in [0.1, 0.15) is 31.1 Å². The molecule has 0 bridgehead atoms. The molecule has 1 aromatic rings. The first-order valence-electron chi connectivity index (χ1n) is 7.29. The maximum atomic E-state index is 12.3. The normalized spacial score (nSPS) is 11.4. The van der Waals surface area contributed by atoms with E-state index in [0.717, 1.165) is 0 Å². The van der Waals surface area contributed by atoms with E-state index < -0.39 is 12.0 Å². The molecule has 1 N–H and O–H groups in total. The summed E-state index contributed by atoms with van der Waals surface area (Å²) in [5.74, 6) is -1.10. The molecule has 1 rings (SSSR count). The largest absolute Gasteiger partial charge is 0.465 e. The minimum Gasteiger partial charge on any atom is -0.465 e. The van der Waals surface area contributed by atoms with Gasteiger partial charge in [0.15, 0.2) is 0 Å². The molecule has 0 aromatic heterocycles. The lowest BCUT2D eigenvalue weighted by atomic mass is 10.2. The summed E-state index contributed by atoms with van der Waals surface area (Å²) < 4.78 is 4.83. The van der Waals surface area contributed by atoms with Gasteiger partial charge in [0.05, 0.1) is 6.61 Å². The molecule has 0 aliphatic carbocycles. The van der Waals surface area contributed by atoms with Gasteiger partial charge in [0.1, 0.15) is 12.6 Å². The van der Waals surface area contributed by atoms with Gasteiger partial charge < -0.3 is 15.0 Å². The number of nitrogens with one attached hydrogen (secondary N) is 1. The van der Waals surface area contributed by atoms with E-state index in [0.29, 0.717) is 12.1 Å². The number of rotatable bonds is 7. The fraction of sp³-hybridized carbons (Fsp3) is 0.438. The highest BCUT2D eigenvalue weighted by molar-refractivity contribution is 5.97. The summed E-state index contributed by atoms with van der Waals surface area (Å²) in [4.78, 5) is 37.1. The molecule has 0 saturated carbocycles. The highest BCUT2D eigenvalue weighted by Crippen LogP contribution is 2.01. The Labute approximate surface area is 130 Å². The lowest BCUT2D eigenvalue weighted by Crippen LogP contribution is -2.48. The molecule has 22 heavy (non-hydrogen) atoms. The fourth-order valence-corrected chi connectivity index (χ4v) is 1.91. The molecule has 1 aromatic carbocycles. The van der Waals surface area contributed by atoms with Gasteiger partial charge in [0.2, 0.25) is 5.91 Å². The number of carbonyl (C=O) groups is 3. The van der Waals surface area contributed by atoms with Crippen LogP contribution >= 0.6 is 0 Å². The predicted octanol–water partition coefficient (Wildman–Crippen LogP) is 1.22. The Morgan fingerprint density at radius 2 is 1.82 bits per heavy atom. The smallest absolute Gasteiger partial charge is 0.325 e. The number of hydrogen-bond acceptors (Lipinski definition) is 4. The number of esters is 1.